The minimum absolute atomic E-state index is 0.149. The molecule has 2 heterocycles. The zero-order chi connectivity index (χ0) is 13.7. The van der Waals surface area contributed by atoms with Crippen LogP contribution in [0.2, 0.25) is 0 Å². The van der Waals surface area contributed by atoms with Gasteiger partial charge in [-0.1, -0.05) is 0 Å². The van der Waals surface area contributed by atoms with Gasteiger partial charge in [0.1, 0.15) is 0 Å². The second-order valence-corrected chi connectivity index (χ2v) is 5.64. The van der Waals surface area contributed by atoms with E-state index in [1.165, 1.54) is 0 Å². The molecule has 0 saturated carbocycles. The number of hydrogen-bond donors (Lipinski definition) is 1. The van der Waals surface area contributed by atoms with E-state index in [0.29, 0.717) is 17.0 Å². The van der Waals surface area contributed by atoms with Crippen LogP contribution in [0.5, 0.6) is 0 Å². The highest BCUT2D eigenvalue weighted by atomic mass is 79.9. The molecule has 106 valence electrons. The lowest BCUT2D eigenvalue weighted by Crippen LogP contribution is -2.45. The zero-order valence-electron chi connectivity index (χ0n) is 11.2. The van der Waals surface area contributed by atoms with Crippen molar-refractivity contribution in [2.45, 2.75) is 6.42 Å². The first-order chi connectivity index (χ1) is 9.15. The molecule has 0 spiro atoms. The molecule has 0 radical (unpaired) electrons. The molecular weight excluding hydrogens is 310 g/mol. The molecule has 0 bridgehead atoms. The Hall–Kier alpha value is -0.850. The molecule has 1 amide bonds. The first-order valence-corrected chi connectivity index (χ1v) is 7.39. The predicted octanol–water partition coefficient (Wildman–Crippen LogP) is 1.41. The summed E-state index contributed by atoms with van der Waals surface area (Å²) in [5, 5.41) is 2.87. The molecule has 6 heteroatoms. The van der Waals surface area contributed by atoms with E-state index in [9.17, 15) is 4.79 Å². The standard InChI is InChI=1S/C13H20BrN3O2/c1-16-7-9-17(10-8-16)6-2-5-15-13(18)11-3-4-12(14)19-11/h3-4H,2,5-10H2,1H3,(H,15,18). The summed E-state index contributed by atoms with van der Waals surface area (Å²) in [5.74, 6) is 0.204. The van der Waals surface area contributed by atoms with Crippen molar-refractivity contribution in [2.24, 2.45) is 0 Å². The van der Waals surface area contributed by atoms with Crippen LogP contribution in [-0.2, 0) is 0 Å². The fourth-order valence-corrected chi connectivity index (χ4v) is 2.41. The number of furan rings is 1. The van der Waals surface area contributed by atoms with Crippen molar-refractivity contribution < 1.29 is 9.21 Å². The average molecular weight is 330 g/mol. The molecule has 0 aromatic carbocycles. The predicted molar refractivity (Wildman–Crippen MR) is 77.3 cm³/mol. The summed E-state index contributed by atoms with van der Waals surface area (Å²) in [4.78, 5) is 16.5. The number of amides is 1. The maximum atomic E-state index is 11.7. The zero-order valence-corrected chi connectivity index (χ0v) is 12.8. The van der Waals surface area contributed by atoms with Gasteiger partial charge in [0.15, 0.2) is 10.4 Å². The number of piperazine rings is 1. The molecule has 1 aromatic rings. The van der Waals surface area contributed by atoms with Crippen molar-refractivity contribution in [1.29, 1.82) is 0 Å². The van der Waals surface area contributed by atoms with Gasteiger partial charge in [0, 0.05) is 32.7 Å². The highest BCUT2D eigenvalue weighted by molar-refractivity contribution is 9.10. The van der Waals surface area contributed by atoms with Gasteiger partial charge in [-0.2, -0.15) is 0 Å². The molecule has 1 saturated heterocycles. The highest BCUT2D eigenvalue weighted by Crippen LogP contribution is 2.13. The summed E-state index contributed by atoms with van der Waals surface area (Å²) in [6.45, 7) is 6.23. The third kappa shape index (κ3) is 4.63. The molecule has 1 N–H and O–H groups in total. The van der Waals surface area contributed by atoms with Crippen molar-refractivity contribution in [3.8, 4) is 0 Å². The van der Waals surface area contributed by atoms with E-state index in [4.69, 9.17) is 4.42 Å². The number of carbonyl (C=O) groups excluding carboxylic acids is 1. The molecule has 0 aliphatic carbocycles. The minimum Gasteiger partial charge on any atom is -0.444 e. The lowest BCUT2D eigenvalue weighted by atomic mass is 10.3. The maximum absolute atomic E-state index is 11.7. The van der Waals surface area contributed by atoms with E-state index in [1.54, 1.807) is 12.1 Å². The Bertz CT molecular complexity index is 414. The molecular formula is C13H20BrN3O2. The summed E-state index contributed by atoms with van der Waals surface area (Å²) in [6.07, 6.45) is 0.970. The Morgan fingerprint density at radius 3 is 2.74 bits per heavy atom. The summed E-state index contributed by atoms with van der Waals surface area (Å²) < 4.78 is 5.77. The maximum Gasteiger partial charge on any atom is 0.287 e. The smallest absolute Gasteiger partial charge is 0.287 e. The summed E-state index contributed by atoms with van der Waals surface area (Å²) in [5.41, 5.74) is 0. The normalized spacial score (nSPS) is 17.6. The van der Waals surface area contributed by atoms with Crippen molar-refractivity contribution in [2.75, 3.05) is 46.3 Å². The molecule has 1 fully saturated rings. The molecule has 0 atom stereocenters. The molecule has 1 aromatic heterocycles. The number of carbonyl (C=O) groups is 1. The van der Waals surface area contributed by atoms with Gasteiger partial charge < -0.3 is 19.5 Å². The van der Waals surface area contributed by atoms with E-state index < -0.39 is 0 Å². The topological polar surface area (TPSA) is 48.7 Å². The first-order valence-electron chi connectivity index (χ1n) is 6.59. The van der Waals surface area contributed by atoms with Crippen LogP contribution in [0.1, 0.15) is 17.0 Å². The average Bonchev–Trinajstić information content (AvgIpc) is 2.83. The Morgan fingerprint density at radius 1 is 1.37 bits per heavy atom. The van der Waals surface area contributed by atoms with Crippen LogP contribution in [0.15, 0.2) is 21.2 Å². The number of likely N-dealkylation sites (N-methyl/N-ethyl adjacent to an activating group) is 1. The van der Waals surface area contributed by atoms with Crippen molar-refractivity contribution in [3.05, 3.63) is 22.6 Å². The molecule has 1 aliphatic rings. The summed E-state index contributed by atoms with van der Waals surface area (Å²) in [7, 11) is 2.15. The minimum atomic E-state index is -0.149. The van der Waals surface area contributed by atoms with Gasteiger partial charge in [-0.25, -0.2) is 0 Å². The van der Waals surface area contributed by atoms with Gasteiger partial charge in [-0.15, -0.1) is 0 Å². The first kappa shape index (κ1) is 14.6. The lowest BCUT2D eigenvalue weighted by Gasteiger charge is -2.32. The van der Waals surface area contributed by atoms with E-state index in [0.717, 1.165) is 39.1 Å². The number of nitrogens with zero attached hydrogens (tertiary/aromatic N) is 2. The Labute approximate surface area is 122 Å². The molecule has 19 heavy (non-hydrogen) atoms. The van der Waals surface area contributed by atoms with Gasteiger partial charge in [-0.3, -0.25) is 4.79 Å². The molecule has 5 nitrogen and oxygen atoms in total. The van der Waals surface area contributed by atoms with Crippen molar-refractivity contribution in [3.63, 3.8) is 0 Å². The van der Waals surface area contributed by atoms with Crippen LogP contribution >= 0.6 is 15.9 Å². The van der Waals surface area contributed by atoms with Crippen LogP contribution in [-0.4, -0.2) is 62.0 Å². The van der Waals surface area contributed by atoms with E-state index in [1.807, 2.05) is 0 Å². The molecule has 2 rings (SSSR count). The quantitative estimate of drug-likeness (QED) is 0.830. The van der Waals surface area contributed by atoms with Gasteiger partial charge in [-0.05, 0) is 48.1 Å². The SMILES string of the molecule is CN1CCN(CCCNC(=O)c2ccc(Br)o2)CC1. The fraction of sp³-hybridized carbons (Fsp3) is 0.615. The van der Waals surface area contributed by atoms with Gasteiger partial charge in [0.2, 0.25) is 0 Å². The van der Waals surface area contributed by atoms with E-state index in [-0.39, 0.29) is 5.91 Å². The van der Waals surface area contributed by atoms with Crippen LogP contribution in [0, 0.1) is 0 Å². The van der Waals surface area contributed by atoms with E-state index in [2.05, 4.69) is 38.1 Å². The number of nitrogens with one attached hydrogen (secondary N) is 1. The van der Waals surface area contributed by atoms with Crippen molar-refractivity contribution in [1.82, 2.24) is 15.1 Å². The largest absolute Gasteiger partial charge is 0.444 e. The van der Waals surface area contributed by atoms with Gasteiger partial charge >= 0.3 is 0 Å². The fourth-order valence-electron chi connectivity index (χ4n) is 2.10. The van der Waals surface area contributed by atoms with Crippen LogP contribution in [0.3, 0.4) is 0 Å². The Kier molecular flexibility index (Phi) is 5.42. The van der Waals surface area contributed by atoms with Gasteiger partial charge in [0.05, 0.1) is 0 Å². The van der Waals surface area contributed by atoms with Crippen molar-refractivity contribution >= 4 is 21.8 Å². The summed E-state index contributed by atoms with van der Waals surface area (Å²) >= 11 is 3.18. The third-order valence-corrected chi connectivity index (χ3v) is 3.76. The lowest BCUT2D eigenvalue weighted by molar-refractivity contribution is 0.0920. The monoisotopic (exact) mass is 329 g/mol. The van der Waals surface area contributed by atoms with Crippen LogP contribution in [0.4, 0.5) is 0 Å². The Morgan fingerprint density at radius 2 is 2.11 bits per heavy atom. The second kappa shape index (κ2) is 7.07. The number of halogens is 1. The van der Waals surface area contributed by atoms with Crippen LogP contribution < -0.4 is 5.32 Å². The summed E-state index contributed by atoms with van der Waals surface area (Å²) in [6, 6.07) is 3.39. The third-order valence-electron chi connectivity index (χ3n) is 3.33. The second-order valence-electron chi connectivity index (χ2n) is 4.86. The highest BCUT2D eigenvalue weighted by Gasteiger charge is 2.13. The molecule has 0 unspecified atom stereocenters. The van der Waals surface area contributed by atoms with E-state index >= 15 is 0 Å². The molecule has 1 aliphatic heterocycles. The van der Waals surface area contributed by atoms with Gasteiger partial charge in [0.25, 0.3) is 5.91 Å². The number of rotatable bonds is 5. The Balaban J connectivity index is 1.60. The number of hydrogen-bond acceptors (Lipinski definition) is 4. The van der Waals surface area contributed by atoms with Crippen LogP contribution in [0.25, 0.3) is 0 Å².